The monoisotopic (exact) mass is 458 g/mol. The van der Waals surface area contributed by atoms with Crippen molar-refractivity contribution in [2.24, 2.45) is 0 Å². The summed E-state index contributed by atoms with van der Waals surface area (Å²) in [5.74, 6) is 0.530. The Hall–Kier alpha value is -1.62. The van der Waals surface area contributed by atoms with Gasteiger partial charge >= 0.3 is 5.97 Å². The molecule has 160 valence electrons. The minimum atomic E-state index is -3.26. The number of hydrogen-bond donors (Lipinski definition) is 2. The molecule has 10 heteroatoms. The zero-order valence-corrected chi connectivity index (χ0v) is 19.2. The third kappa shape index (κ3) is 7.61. The molecule has 1 heterocycles. The molecule has 0 atom stereocenters. The first-order valence-corrected chi connectivity index (χ1v) is 12.6. The summed E-state index contributed by atoms with van der Waals surface area (Å²) in [7, 11) is -3.26. The summed E-state index contributed by atoms with van der Waals surface area (Å²) in [6, 6.07) is 5.65. The molecule has 0 unspecified atom stereocenters. The number of nitrogens with zero attached hydrogens (tertiary/aromatic N) is 1. The van der Waals surface area contributed by atoms with Gasteiger partial charge in [0, 0.05) is 17.2 Å². The van der Waals surface area contributed by atoms with Crippen LogP contribution >= 0.6 is 23.1 Å². The van der Waals surface area contributed by atoms with Crippen LogP contribution in [-0.4, -0.2) is 55.7 Å². The van der Waals surface area contributed by atoms with Gasteiger partial charge in [-0.1, -0.05) is 0 Å². The molecule has 0 aliphatic heterocycles. The van der Waals surface area contributed by atoms with Crippen molar-refractivity contribution in [1.29, 1.82) is 0 Å². The van der Waals surface area contributed by atoms with Gasteiger partial charge in [0.05, 0.1) is 16.5 Å². The van der Waals surface area contributed by atoms with Crippen LogP contribution in [0, 0.1) is 20.8 Å². The van der Waals surface area contributed by atoms with Crippen LogP contribution in [0.3, 0.4) is 0 Å². The van der Waals surface area contributed by atoms with Crippen LogP contribution in [0.2, 0.25) is 0 Å². The van der Waals surface area contributed by atoms with Gasteiger partial charge in [-0.2, -0.15) is 0 Å². The summed E-state index contributed by atoms with van der Waals surface area (Å²) in [5.41, 5.74) is 1.48. The molecule has 29 heavy (non-hydrogen) atoms. The second-order valence-electron chi connectivity index (χ2n) is 6.49. The van der Waals surface area contributed by atoms with Crippen LogP contribution in [0.4, 0.5) is 0 Å². The number of aromatic nitrogens is 1. The maximum absolute atomic E-state index is 12.4. The Balaban J connectivity index is 1.66. The Labute approximate surface area is 179 Å². The first-order chi connectivity index (χ1) is 13.7. The van der Waals surface area contributed by atoms with Crippen molar-refractivity contribution < 1.29 is 23.1 Å². The molecular weight excluding hydrogens is 432 g/mol. The maximum atomic E-state index is 12.4. The van der Waals surface area contributed by atoms with E-state index in [-0.39, 0.29) is 12.4 Å². The minimum Gasteiger partial charge on any atom is -0.482 e. The standard InChI is InChI=1S/C19H26N2O5S3/c1-13-11-16(5-6-17(13)26-12-18(22)23)27-9-8-20-7-4-10-29(24,25)19-14(2)21-15(3)28-19/h5-6,11,20H,4,7-10,12H2,1-3H3,(H,22,23). The van der Waals surface area contributed by atoms with Crippen LogP contribution in [-0.2, 0) is 14.6 Å². The van der Waals surface area contributed by atoms with E-state index in [1.54, 1.807) is 24.8 Å². The molecule has 0 bridgehead atoms. The van der Waals surface area contributed by atoms with Crippen LogP contribution in [0.5, 0.6) is 5.75 Å². The molecule has 0 aliphatic rings. The highest BCUT2D eigenvalue weighted by atomic mass is 32.2. The molecule has 2 aromatic rings. The van der Waals surface area contributed by atoms with Crippen LogP contribution in [0.25, 0.3) is 0 Å². The number of sulfone groups is 1. The number of benzene rings is 1. The summed E-state index contributed by atoms with van der Waals surface area (Å²) < 4.78 is 30.4. The predicted molar refractivity (Wildman–Crippen MR) is 116 cm³/mol. The van der Waals surface area contributed by atoms with Gasteiger partial charge in [0.25, 0.3) is 0 Å². The molecule has 0 amide bonds. The second kappa shape index (κ2) is 11.0. The highest BCUT2D eigenvalue weighted by molar-refractivity contribution is 7.99. The smallest absolute Gasteiger partial charge is 0.341 e. The van der Waals surface area contributed by atoms with E-state index in [9.17, 15) is 13.2 Å². The lowest BCUT2D eigenvalue weighted by atomic mass is 10.2. The number of thioether (sulfide) groups is 1. The minimum absolute atomic E-state index is 0.118. The topological polar surface area (TPSA) is 106 Å². The van der Waals surface area contributed by atoms with Crippen molar-refractivity contribution in [3.05, 3.63) is 34.5 Å². The van der Waals surface area contributed by atoms with Gasteiger partial charge in [-0.05, 0) is 57.5 Å². The normalized spacial score (nSPS) is 11.6. The highest BCUT2D eigenvalue weighted by Crippen LogP contribution is 2.26. The van der Waals surface area contributed by atoms with Crippen molar-refractivity contribution in [3.63, 3.8) is 0 Å². The Bertz CT molecular complexity index is 941. The molecule has 0 aliphatic carbocycles. The zero-order valence-electron chi connectivity index (χ0n) is 16.7. The van der Waals surface area contributed by atoms with Gasteiger partial charge < -0.3 is 15.2 Å². The van der Waals surface area contributed by atoms with Gasteiger partial charge in [-0.25, -0.2) is 18.2 Å². The van der Waals surface area contributed by atoms with Gasteiger partial charge in [-0.15, -0.1) is 23.1 Å². The Morgan fingerprint density at radius 2 is 2.03 bits per heavy atom. The molecule has 0 saturated heterocycles. The van der Waals surface area contributed by atoms with Gasteiger partial charge in [-0.3, -0.25) is 0 Å². The number of rotatable bonds is 12. The molecule has 2 N–H and O–H groups in total. The number of carboxylic acids is 1. The SMILES string of the molecule is Cc1nc(C)c(S(=O)(=O)CCCNCCSc2ccc(OCC(=O)O)c(C)c2)s1. The molecule has 7 nitrogen and oxygen atoms in total. The number of aryl methyl sites for hydroxylation is 3. The second-order valence-corrected chi connectivity index (χ2v) is 11.2. The number of carboxylic acid groups (broad SMARTS) is 1. The van der Waals surface area contributed by atoms with Crippen LogP contribution in [0.15, 0.2) is 27.3 Å². The van der Waals surface area contributed by atoms with E-state index in [4.69, 9.17) is 9.84 Å². The molecule has 1 aromatic carbocycles. The average molecular weight is 459 g/mol. The molecule has 2 rings (SSSR count). The van der Waals surface area contributed by atoms with Crippen molar-refractivity contribution in [2.45, 2.75) is 36.3 Å². The van der Waals surface area contributed by atoms with Crippen LogP contribution < -0.4 is 10.1 Å². The van der Waals surface area contributed by atoms with E-state index >= 15 is 0 Å². The quantitative estimate of drug-likeness (QED) is 0.369. The summed E-state index contributed by atoms with van der Waals surface area (Å²) in [6.07, 6.45) is 0.554. The molecular formula is C19H26N2O5S3. The lowest BCUT2D eigenvalue weighted by molar-refractivity contribution is -0.139. The Morgan fingerprint density at radius 1 is 1.28 bits per heavy atom. The molecule has 0 fully saturated rings. The molecule has 1 aromatic heterocycles. The van der Waals surface area contributed by atoms with E-state index < -0.39 is 15.8 Å². The number of thiazole rings is 1. The summed E-state index contributed by atoms with van der Waals surface area (Å²) >= 11 is 2.91. The fourth-order valence-electron chi connectivity index (χ4n) is 2.66. The summed E-state index contributed by atoms with van der Waals surface area (Å²) in [5, 5.41) is 12.7. The van der Waals surface area contributed by atoms with Crippen molar-refractivity contribution in [2.75, 3.05) is 31.2 Å². The number of hydrogen-bond acceptors (Lipinski definition) is 8. The largest absolute Gasteiger partial charge is 0.482 e. The number of nitrogens with one attached hydrogen (secondary N) is 1. The highest BCUT2D eigenvalue weighted by Gasteiger charge is 2.20. The van der Waals surface area contributed by atoms with Crippen LogP contribution in [0.1, 0.15) is 22.7 Å². The van der Waals surface area contributed by atoms with Gasteiger partial charge in [0.2, 0.25) is 0 Å². The number of aliphatic carboxylic acids is 1. The average Bonchev–Trinajstić information content (AvgIpc) is 2.99. The molecule has 0 spiro atoms. The predicted octanol–water partition coefficient (Wildman–Crippen LogP) is 3.08. The van der Waals surface area contributed by atoms with E-state index in [1.807, 2.05) is 26.0 Å². The Kier molecular flexibility index (Phi) is 8.94. The first-order valence-electron chi connectivity index (χ1n) is 9.14. The first kappa shape index (κ1) is 23.7. The molecule has 0 radical (unpaired) electrons. The lowest BCUT2D eigenvalue weighted by Crippen LogP contribution is -2.21. The third-order valence-electron chi connectivity index (χ3n) is 3.96. The summed E-state index contributed by atoms with van der Waals surface area (Å²) in [6.45, 7) is 6.48. The third-order valence-corrected chi connectivity index (χ3v) is 8.52. The molecule has 0 saturated carbocycles. The van der Waals surface area contributed by atoms with Gasteiger partial charge in [0.15, 0.2) is 16.4 Å². The fourth-order valence-corrected chi connectivity index (χ4v) is 6.54. The Morgan fingerprint density at radius 3 is 2.66 bits per heavy atom. The van der Waals surface area contributed by atoms with Gasteiger partial charge in [0.1, 0.15) is 9.96 Å². The fraction of sp³-hybridized carbons (Fsp3) is 0.474. The maximum Gasteiger partial charge on any atom is 0.341 e. The van der Waals surface area contributed by atoms with Crippen molar-refractivity contribution >= 4 is 38.9 Å². The van der Waals surface area contributed by atoms with Crippen molar-refractivity contribution in [3.8, 4) is 5.75 Å². The lowest BCUT2D eigenvalue weighted by Gasteiger charge is -2.09. The van der Waals surface area contributed by atoms with E-state index in [0.717, 1.165) is 27.8 Å². The summed E-state index contributed by atoms with van der Waals surface area (Å²) in [4.78, 5) is 15.8. The van der Waals surface area contributed by atoms with E-state index in [0.29, 0.717) is 28.6 Å². The van der Waals surface area contributed by atoms with E-state index in [1.165, 1.54) is 11.3 Å². The van der Waals surface area contributed by atoms with E-state index in [2.05, 4.69) is 10.3 Å². The number of carbonyl (C=O) groups is 1. The zero-order chi connectivity index (χ0) is 21.4. The van der Waals surface area contributed by atoms with Crippen molar-refractivity contribution in [1.82, 2.24) is 10.3 Å². The number of ether oxygens (including phenoxy) is 1.